The highest BCUT2D eigenvalue weighted by atomic mass is 16.4. The molecular formula is C36H52N2O3. The molecule has 224 valence electrons. The third-order valence-electron chi connectivity index (χ3n) is 14.8. The second-order valence-electron chi connectivity index (χ2n) is 16.3. The molecule has 0 saturated heterocycles. The molecule has 0 radical (unpaired) electrons. The Morgan fingerprint density at radius 3 is 2.24 bits per heavy atom. The number of hydrogen-bond donors (Lipinski definition) is 2. The maximum atomic E-state index is 13.2. The van der Waals surface area contributed by atoms with Gasteiger partial charge in [0, 0.05) is 24.0 Å². The Kier molecular flexibility index (Phi) is 6.64. The topological polar surface area (TPSA) is 79.3 Å². The van der Waals surface area contributed by atoms with Crippen molar-refractivity contribution in [2.24, 2.45) is 56.7 Å². The second kappa shape index (κ2) is 9.41. The normalized spacial score (nSPS) is 46.3. The van der Waals surface area contributed by atoms with Crippen molar-refractivity contribution in [3.63, 3.8) is 0 Å². The van der Waals surface area contributed by atoms with E-state index in [1.165, 1.54) is 24.8 Å². The summed E-state index contributed by atoms with van der Waals surface area (Å²) in [7, 11) is 0. The maximum absolute atomic E-state index is 13.2. The predicted molar refractivity (Wildman–Crippen MR) is 162 cm³/mol. The van der Waals surface area contributed by atoms with Crippen molar-refractivity contribution in [2.45, 2.75) is 112 Å². The number of nitrogens with zero attached hydrogens (tertiary/aromatic N) is 1. The molecule has 5 aliphatic carbocycles. The van der Waals surface area contributed by atoms with Crippen LogP contribution in [-0.2, 0) is 4.79 Å². The third kappa shape index (κ3) is 3.81. The predicted octanol–water partition coefficient (Wildman–Crippen LogP) is 7.92. The highest BCUT2D eigenvalue weighted by Gasteiger charge is 2.72. The van der Waals surface area contributed by atoms with Crippen LogP contribution in [0.25, 0.3) is 0 Å². The molecule has 0 aliphatic heterocycles. The Bertz CT molecular complexity index is 1240. The summed E-state index contributed by atoms with van der Waals surface area (Å²) in [6.45, 7) is 19.1. The standard InChI is InChI=1S/C36H52N2O3/c1-22(2)24-10-17-36(31(40)41)19-18-34(6)25(29(24)36)8-9-27-33(5)15-12-28(38-30(39)23-13-20-37-21-14-23)32(3,4)26(33)11-16-35(27,34)7/h13-14,20-21,24-29H,1,8-12,15-19H2,2-7H3,(H,38,39)(H,40,41)/t24-,25+,26-,27+,28-,29+,33-,34+,35+,36-/m0/s1. The Hall–Kier alpha value is -2.17. The van der Waals surface area contributed by atoms with E-state index in [1.54, 1.807) is 24.5 Å². The number of pyridine rings is 1. The van der Waals surface area contributed by atoms with Crippen LogP contribution in [0.4, 0.5) is 0 Å². The summed E-state index contributed by atoms with van der Waals surface area (Å²) in [4.78, 5) is 30.2. The molecule has 5 fully saturated rings. The van der Waals surface area contributed by atoms with Gasteiger partial charge in [0.05, 0.1) is 5.41 Å². The Balaban J connectivity index is 1.30. The molecular weight excluding hydrogens is 508 g/mol. The summed E-state index contributed by atoms with van der Waals surface area (Å²) in [6.07, 6.45) is 13.9. The van der Waals surface area contributed by atoms with E-state index < -0.39 is 11.4 Å². The molecule has 1 aromatic rings. The summed E-state index contributed by atoms with van der Waals surface area (Å²) in [5.41, 5.74) is 1.86. The van der Waals surface area contributed by atoms with Crippen molar-refractivity contribution < 1.29 is 14.7 Å². The van der Waals surface area contributed by atoms with Crippen LogP contribution in [-0.4, -0.2) is 28.0 Å². The van der Waals surface area contributed by atoms with Crippen LogP contribution in [0.5, 0.6) is 0 Å². The number of hydrogen-bond acceptors (Lipinski definition) is 3. The van der Waals surface area contributed by atoms with Gasteiger partial charge in [0.25, 0.3) is 5.91 Å². The maximum Gasteiger partial charge on any atom is 0.309 e. The molecule has 0 unspecified atom stereocenters. The van der Waals surface area contributed by atoms with E-state index in [1.807, 2.05) is 0 Å². The fourth-order valence-electron chi connectivity index (χ4n) is 12.5. The second-order valence-corrected chi connectivity index (χ2v) is 16.3. The minimum Gasteiger partial charge on any atom is -0.481 e. The molecule has 2 N–H and O–H groups in total. The first kappa shape index (κ1) is 28.9. The molecule has 0 aromatic carbocycles. The van der Waals surface area contributed by atoms with Gasteiger partial charge in [-0.2, -0.15) is 0 Å². The lowest BCUT2D eigenvalue weighted by molar-refractivity contribution is -0.240. The van der Waals surface area contributed by atoms with E-state index in [0.717, 1.165) is 44.9 Å². The van der Waals surface area contributed by atoms with Gasteiger partial charge in [0.1, 0.15) is 0 Å². The molecule has 5 nitrogen and oxygen atoms in total. The quantitative estimate of drug-likeness (QED) is 0.367. The zero-order chi connectivity index (χ0) is 29.6. The van der Waals surface area contributed by atoms with Crippen LogP contribution in [0.3, 0.4) is 0 Å². The number of carboxylic acids is 1. The van der Waals surface area contributed by atoms with Gasteiger partial charge in [-0.25, -0.2) is 0 Å². The molecule has 6 rings (SSSR count). The number of aromatic nitrogens is 1. The first-order chi connectivity index (χ1) is 19.2. The molecule has 1 amide bonds. The van der Waals surface area contributed by atoms with Crippen LogP contribution in [0.15, 0.2) is 36.7 Å². The number of fused-ring (bicyclic) bond motifs is 7. The largest absolute Gasteiger partial charge is 0.481 e. The lowest BCUT2D eigenvalue weighted by Crippen LogP contribution is -2.68. The van der Waals surface area contributed by atoms with Gasteiger partial charge in [0.2, 0.25) is 0 Å². The summed E-state index contributed by atoms with van der Waals surface area (Å²) < 4.78 is 0. The highest BCUT2D eigenvalue weighted by molar-refractivity contribution is 5.94. The Labute approximate surface area is 247 Å². The summed E-state index contributed by atoms with van der Waals surface area (Å²) in [6, 6.07) is 3.75. The molecule has 10 atom stereocenters. The van der Waals surface area contributed by atoms with Crippen molar-refractivity contribution in [3.8, 4) is 0 Å². The number of allylic oxidation sites excluding steroid dienone is 1. The number of nitrogens with one attached hydrogen (secondary N) is 1. The van der Waals surface area contributed by atoms with Crippen molar-refractivity contribution in [1.82, 2.24) is 10.3 Å². The molecule has 0 bridgehead atoms. The van der Waals surface area contributed by atoms with Gasteiger partial charge < -0.3 is 10.4 Å². The Morgan fingerprint density at radius 2 is 1.59 bits per heavy atom. The SMILES string of the molecule is C=C(C)[C@@H]1CC[C@]2(C(=O)O)CC[C@]3(C)[C@H](CC[C@@H]4[C@@]5(C)CC[C@H](NC(=O)c6ccncc6)C(C)(C)[C@@H]5CC[C@]43C)[C@@H]12. The lowest BCUT2D eigenvalue weighted by Gasteiger charge is -2.73. The monoisotopic (exact) mass is 560 g/mol. The van der Waals surface area contributed by atoms with E-state index in [0.29, 0.717) is 29.2 Å². The summed E-state index contributed by atoms with van der Waals surface area (Å²) in [5, 5.41) is 14.1. The molecule has 0 spiro atoms. The minimum atomic E-state index is -0.564. The number of carbonyl (C=O) groups excluding carboxylic acids is 1. The van der Waals surface area contributed by atoms with Crippen molar-refractivity contribution in [1.29, 1.82) is 0 Å². The van der Waals surface area contributed by atoms with Crippen molar-refractivity contribution in [3.05, 3.63) is 42.2 Å². The lowest BCUT2D eigenvalue weighted by atomic mass is 9.32. The zero-order valence-corrected chi connectivity index (χ0v) is 26.3. The Morgan fingerprint density at radius 1 is 0.878 bits per heavy atom. The van der Waals surface area contributed by atoms with Gasteiger partial charge >= 0.3 is 5.97 Å². The number of carboxylic acid groups (broad SMARTS) is 1. The first-order valence-electron chi connectivity index (χ1n) is 16.3. The zero-order valence-electron chi connectivity index (χ0n) is 26.3. The fourth-order valence-corrected chi connectivity index (χ4v) is 12.5. The molecule has 5 heteroatoms. The number of rotatable bonds is 4. The molecule has 5 aliphatic rings. The number of amides is 1. The minimum absolute atomic E-state index is 0.00367. The van der Waals surface area contributed by atoms with Gasteiger partial charge in [-0.1, -0.05) is 46.8 Å². The molecule has 1 heterocycles. The van der Waals surface area contributed by atoms with Crippen LogP contribution < -0.4 is 5.32 Å². The van der Waals surface area contributed by atoms with Crippen molar-refractivity contribution in [2.75, 3.05) is 0 Å². The van der Waals surface area contributed by atoms with Crippen LogP contribution in [0, 0.1) is 56.7 Å². The van der Waals surface area contributed by atoms with E-state index in [9.17, 15) is 14.7 Å². The average molecular weight is 561 g/mol. The average Bonchev–Trinajstić information content (AvgIpc) is 3.33. The molecule has 5 saturated carbocycles. The first-order valence-corrected chi connectivity index (χ1v) is 16.3. The summed E-state index contributed by atoms with van der Waals surface area (Å²) >= 11 is 0. The van der Waals surface area contributed by atoms with Gasteiger partial charge in [-0.15, -0.1) is 0 Å². The molecule has 1 aromatic heterocycles. The third-order valence-corrected chi connectivity index (χ3v) is 14.8. The molecule has 41 heavy (non-hydrogen) atoms. The fraction of sp³-hybridized carbons (Fsp3) is 0.750. The smallest absolute Gasteiger partial charge is 0.309 e. The van der Waals surface area contributed by atoms with E-state index >= 15 is 0 Å². The van der Waals surface area contributed by atoms with Crippen molar-refractivity contribution >= 4 is 11.9 Å². The summed E-state index contributed by atoms with van der Waals surface area (Å²) in [5.74, 6) is 1.62. The number of aliphatic carboxylic acids is 1. The van der Waals surface area contributed by atoms with Gasteiger partial charge in [0.15, 0.2) is 0 Å². The van der Waals surface area contributed by atoms with Crippen LogP contribution in [0.1, 0.15) is 116 Å². The van der Waals surface area contributed by atoms with Crippen LogP contribution in [0.2, 0.25) is 0 Å². The van der Waals surface area contributed by atoms with Gasteiger partial charge in [-0.05, 0) is 135 Å². The van der Waals surface area contributed by atoms with Gasteiger partial charge in [-0.3, -0.25) is 14.6 Å². The number of carbonyl (C=O) groups is 2. The highest BCUT2D eigenvalue weighted by Crippen LogP contribution is 2.77. The van der Waals surface area contributed by atoms with E-state index in [2.05, 4.69) is 58.4 Å². The van der Waals surface area contributed by atoms with Crippen LogP contribution >= 0.6 is 0 Å². The van der Waals surface area contributed by atoms with E-state index in [-0.39, 0.29) is 39.5 Å². The van der Waals surface area contributed by atoms with E-state index in [4.69, 9.17) is 0 Å².